The molecule has 132 valence electrons. The van der Waals surface area contributed by atoms with Crippen molar-refractivity contribution >= 4 is 23.2 Å². The van der Waals surface area contributed by atoms with Crippen LogP contribution in [0.1, 0.15) is 19.3 Å². The van der Waals surface area contributed by atoms with Crippen molar-refractivity contribution in [2.24, 2.45) is 0 Å². The standard InChI is InChI=1S/C16H23N3O4S/c1-21-13-6-2-3-7-14(13)23-10-8-15(20)18-19-16(24)17-11-12-5-4-9-22-12/h2-3,6-7,12H,4-5,8-11H2,1H3,(H,18,20)(H2,17,19,24). The number of benzene rings is 1. The Morgan fingerprint density at radius 1 is 1.33 bits per heavy atom. The summed E-state index contributed by atoms with van der Waals surface area (Å²) in [6, 6.07) is 7.29. The van der Waals surface area contributed by atoms with Gasteiger partial charge in [0.25, 0.3) is 0 Å². The van der Waals surface area contributed by atoms with E-state index in [1.165, 1.54) is 0 Å². The van der Waals surface area contributed by atoms with Crippen LogP contribution in [0.15, 0.2) is 24.3 Å². The number of carbonyl (C=O) groups is 1. The Morgan fingerprint density at radius 2 is 2.12 bits per heavy atom. The highest BCUT2D eigenvalue weighted by molar-refractivity contribution is 7.80. The Kier molecular flexibility index (Phi) is 7.57. The van der Waals surface area contributed by atoms with Crippen LogP contribution in [0.5, 0.6) is 11.5 Å². The van der Waals surface area contributed by atoms with Crippen LogP contribution in [-0.2, 0) is 9.53 Å². The van der Waals surface area contributed by atoms with Crippen molar-refractivity contribution in [2.45, 2.75) is 25.4 Å². The SMILES string of the molecule is COc1ccccc1OCCC(=O)NNC(=S)NCC1CCCO1. The highest BCUT2D eigenvalue weighted by Gasteiger charge is 2.15. The summed E-state index contributed by atoms with van der Waals surface area (Å²) >= 11 is 5.09. The molecule has 1 saturated heterocycles. The van der Waals surface area contributed by atoms with E-state index >= 15 is 0 Å². The van der Waals surface area contributed by atoms with Gasteiger partial charge in [-0.3, -0.25) is 15.6 Å². The summed E-state index contributed by atoms with van der Waals surface area (Å²) in [5.74, 6) is 1.02. The van der Waals surface area contributed by atoms with Gasteiger partial charge in [0.15, 0.2) is 16.6 Å². The summed E-state index contributed by atoms with van der Waals surface area (Å²) in [6.07, 6.45) is 2.49. The largest absolute Gasteiger partial charge is 0.493 e. The smallest absolute Gasteiger partial charge is 0.241 e. The zero-order valence-corrected chi connectivity index (χ0v) is 14.5. The molecule has 1 atom stereocenters. The Balaban J connectivity index is 1.58. The van der Waals surface area contributed by atoms with E-state index in [1.807, 2.05) is 12.1 Å². The molecular weight excluding hydrogens is 330 g/mol. The summed E-state index contributed by atoms with van der Waals surface area (Å²) < 4.78 is 16.2. The van der Waals surface area contributed by atoms with Crippen molar-refractivity contribution in [3.8, 4) is 11.5 Å². The fraction of sp³-hybridized carbons (Fsp3) is 0.500. The highest BCUT2D eigenvalue weighted by Crippen LogP contribution is 2.25. The first kappa shape index (κ1) is 18.3. The third-order valence-corrected chi connectivity index (χ3v) is 3.73. The molecule has 1 aromatic rings. The number of hydrazine groups is 1. The molecule has 0 saturated carbocycles. The van der Waals surface area contributed by atoms with Crippen molar-refractivity contribution < 1.29 is 19.0 Å². The Morgan fingerprint density at radius 3 is 2.83 bits per heavy atom. The third kappa shape index (κ3) is 6.21. The number of thiocarbonyl (C=S) groups is 1. The van der Waals surface area contributed by atoms with Crippen molar-refractivity contribution in [3.63, 3.8) is 0 Å². The van der Waals surface area contributed by atoms with Crippen LogP contribution in [0.2, 0.25) is 0 Å². The predicted octanol–water partition coefficient (Wildman–Crippen LogP) is 1.14. The predicted molar refractivity (Wildman–Crippen MR) is 94.0 cm³/mol. The molecule has 1 aliphatic rings. The van der Waals surface area contributed by atoms with E-state index in [4.69, 9.17) is 26.4 Å². The monoisotopic (exact) mass is 353 g/mol. The topological polar surface area (TPSA) is 80.9 Å². The highest BCUT2D eigenvalue weighted by atomic mass is 32.1. The Labute approximate surface area is 147 Å². The van der Waals surface area contributed by atoms with Gasteiger partial charge in [-0.1, -0.05) is 12.1 Å². The van der Waals surface area contributed by atoms with Crippen molar-refractivity contribution in [3.05, 3.63) is 24.3 Å². The first-order valence-electron chi connectivity index (χ1n) is 7.89. The van der Waals surface area contributed by atoms with Gasteiger partial charge in [0, 0.05) is 13.2 Å². The summed E-state index contributed by atoms with van der Waals surface area (Å²) in [5.41, 5.74) is 5.19. The van der Waals surface area contributed by atoms with Gasteiger partial charge in [-0.05, 0) is 37.2 Å². The first-order chi connectivity index (χ1) is 11.7. The quantitative estimate of drug-likeness (QED) is 0.501. The first-order valence-corrected chi connectivity index (χ1v) is 8.30. The molecule has 0 aromatic heterocycles. The van der Waals surface area contributed by atoms with Crippen molar-refractivity contribution in [1.82, 2.24) is 16.2 Å². The zero-order valence-electron chi connectivity index (χ0n) is 13.7. The number of nitrogens with one attached hydrogen (secondary N) is 3. The molecule has 0 aliphatic carbocycles. The normalized spacial score (nSPS) is 16.3. The molecule has 1 heterocycles. The Bertz CT molecular complexity index is 550. The van der Waals surface area contributed by atoms with E-state index in [9.17, 15) is 4.79 Å². The molecule has 24 heavy (non-hydrogen) atoms. The van der Waals surface area contributed by atoms with Crippen LogP contribution in [0.3, 0.4) is 0 Å². The minimum atomic E-state index is -0.217. The number of amides is 1. The van der Waals surface area contributed by atoms with E-state index < -0.39 is 0 Å². The summed E-state index contributed by atoms with van der Waals surface area (Å²) in [7, 11) is 1.57. The molecule has 3 N–H and O–H groups in total. The average Bonchev–Trinajstić information content (AvgIpc) is 3.12. The molecule has 0 spiro atoms. The van der Waals surface area contributed by atoms with Gasteiger partial charge < -0.3 is 19.5 Å². The molecule has 2 rings (SSSR count). The lowest BCUT2D eigenvalue weighted by atomic mass is 10.2. The van der Waals surface area contributed by atoms with Crippen LogP contribution >= 0.6 is 12.2 Å². The lowest BCUT2D eigenvalue weighted by Gasteiger charge is -2.14. The van der Waals surface area contributed by atoms with Crippen LogP contribution < -0.4 is 25.6 Å². The molecule has 8 heteroatoms. The summed E-state index contributed by atoms with van der Waals surface area (Å²) in [5, 5.41) is 3.38. The van der Waals surface area contributed by atoms with Crippen LogP contribution in [0, 0.1) is 0 Å². The Hall–Kier alpha value is -2.06. The van der Waals surface area contributed by atoms with Crippen LogP contribution in [0.25, 0.3) is 0 Å². The van der Waals surface area contributed by atoms with Gasteiger partial charge in [0.2, 0.25) is 5.91 Å². The van der Waals surface area contributed by atoms with Gasteiger partial charge in [-0.2, -0.15) is 0 Å². The molecule has 0 radical (unpaired) electrons. The molecular formula is C16H23N3O4S. The zero-order chi connectivity index (χ0) is 17.2. The lowest BCUT2D eigenvalue weighted by Crippen LogP contribution is -2.48. The second-order valence-corrected chi connectivity index (χ2v) is 5.68. The third-order valence-electron chi connectivity index (χ3n) is 3.49. The maximum absolute atomic E-state index is 11.8. The second-order valence-electron chi connectivity index (χ2n) is 5.27. The number of carbonyl (C=O) groups excluding carboxylic acids is 1. The van der Waals surface area contributed by atoms with Gasteiger partial charge in [-0.25, -0.2) is 0 Å². The molecule has 1 fully saturated rings. The van der Waals surface area contributed by atoms with Gasteiger partial charge in [0.1, 0.15) is 0 Å². The molecule has 1 amide bonds. The van der Waals surface area contributed by atoms with E-state index in [0.29, 0.717) is 23.2 Å². The minimum absolute atomic E-state index is 0.190. The number of para-hydroxylation sites is 2. The maximum Gasteiger partial charge on any atom is 0.241 e. The molecule has 1 aliphatic heterocycles. The van der Waals surface area contributed by atoms with Crippen molar-refractivity contribution in [2.75, 3.05) is 26.9 Å². The second kappa shape index (κ2) is 9.94. The fourth-order valence-electron chi connectivity index (χ4n) is 2.24. The van der Waals surface area contributed by atoms with E-state index in [0.717, 1.165) is 19.4 Å². The number of ether oxygens (including phenoxy) is 3. The summed E-state index contributed by atoms with van der Waals surface area (Å²) in [4.78, 5) is 11.8. The maximum atomic E-state index is 11.8. The molecule has 7 nitrogen and oxygen atoms in total. The molecule has 1 unspecified atom stereocenters. The van der Waals surface area contributed by atoms with Crippen LogP contribution in [-0.4, -0.2) is 44.0 Å². The van der Waals surface area contributed by atoms with Crippen LogP contribution in [0.4, 0.5) is 0 Å². The molecule has 1 aromatic carbocycles. The minimum Gasteiger partial charge on any atom is -0.493 e. The van der Waals surface area contributed by atoms with E-state index in [1.54, 1.807) is 19.2 Å². The lowest BCUT2D eigenvalue weighted by molar-refractivity contribution is -0.122. The number of hydrogen-bond donors (Lipinski definition) is 3. The number of rotatable bonds is 7. The number of hydrogen-bond acceptors (Lipinski definition) is 5. The summed E-state index contributed by atoms with van der Waals surface area (Å²) in [6.45, 7) is 1.68. The number of methoxy groups -OCH3 is 1. The van der Waals surface area contributed by atoms with Gasteiger partial charge in [-0.15, -0.1) is 0 Å². The van der Waals surface area contributed by atoms with Gasteiger partial charge >= 0.3 is 0 Å². The fourth-order valence-corrected chi connectivity index (χ4v) is 2.37. The van der Waals surface area contributed by atoms with Gasteiger partial charge in [0.05, 0.1) is 26.2 Å². The molecule has 0 bridgehead atoms. The van der Waals surface area contributed by atoms with Crippen molar-refractivity contribution in [1.29, 1.82) is 0 Å². The van der Waals surface area contributed by atoms with E-state index in [-0.39, 0.29) is 25.0 Å². The van der Waals surface area contributed by atoms with E-state index in [2.05, 4.69) is 16.2 Å². The average molecular weight is 353 g/mol.